The number of hydrogen-bond acceptors (Lipinski definition) is 7. The Morgan fingerprint density at radius 2 is 1.82 bits per heavy atom. The van der Waals surface area contributed by atoms with Crippen LogP contribution in [-0.4, -0.2) is 24.3 Å². The van der Waals surface area contributed by atoms with Crippen molar-refractivity contribution in [1.82, 2.24) is 4.57 Å². The van der Waals surface area contributed by atoms with Crippen molar-refractivity contribution in [2.24, 2.45) is 4.99 Å². The van der Waals surface area contributed by atoms with Gasteiger partial charge in [-0.05, 0) is 49.2 Å². The second kappa shape index (κ2) is 11.9. The molecule has 0 saturated carbocycles. The first-order chi connectivity index (χ1) is 19.4. The molecule has 3 aromatic carbocycles. The zero-order valence-electron chi connectivity index (χ0n) is 22.2. The average Bonchev–Trinajstić information content (AvgIpc) is 3.26. The number of esters is 1. The molecular weight excluding hydrogens is 548 g/mol. The third kappa shape index (κ3) is 5.46. The SMILES string of the molecule is CCOC(=O)C1=C(C)N=c2s/c(=C/c3ccc(OCc4ccccc4Cl)c(OC)c3)c(=O)n2[C@@H]1c1ccccc1. The molecule has 0 bridgehead atoms. The van der Waals surface area contributed by atoms with Gasteiger partial charge in [0, 0.05) is 10.6 Å². The Labute approximate surface area is 240 Å². The van der Waals surface area contributed by atoms with Crippen molar-refractivity contribution < 1.29 is 19.0 Å². The highest BCUT2D eigenvalue weighted by atomic mass is 35.5. The van der Waals surface area contributed by atoms with E-state index < -0.39 is 12.0 Å². The molecule has 4 aromatic rings. The molecule has 40 heavy (non-hydrogen) atoms. The second-order valence-corrected chi connectivity index (χ2v) is 10.4. The number of carbonyl (C=O) groups excluding carboxylic acids is 1. The van der Waals surface area contributed by atoms with E-state index in [9.17, 15) is 9.59 Å². The number of thiazole rings is 1. The Morgan fingerprint density at radius 3 is 2.55 bits per heavy atom. The van der Waals surface area contributed by atoms with Crippen LogP contribution in [0.4, 0.5) is 0 Å². The smallest absolute Gasteiger partial charge is 0.338 e. The Bertz CT molecular complexity index is 1780. The summed E-state index contributed by atoms with van der Waals surface area (Å²) < 4.78 is 18.9. The summed E-state index contributed by atoms with van der Waals surface area (Å²) in [4.78, 5) is 31.9. The molecule has 1 aliphatic heterocycles. The van der Waals surface area contributed by atoms with Gasteiger partial charge in [-0.1, -0.05) is 77.5 Å². The van der Waals surface area contributed by atoms with E-state index in [2.05, 4.69) is 4.99 Å². The summed E-state index contributed by atoms with van der Waals surface area (Å²) in [7, 11) is 1.56. The van der Waals surface area contributed by atoms with Gasteiger partial charge in [-0.25, -0.2) is 9.79 Å². The van der Waals surface area contributed by atoms with Crippen LogP contribution >= 0.6 is 22.9 Å². The van der Waals surface area contributed by atoms with Crippen molar-refractivity contribution in [3.63, 3.8) is 0 Å². The lowest BCUT2D eigenvalue weighted by atomic mass is 9.96. The lowest BCUT2D eigenvalue weighted by molar-refractivity contribution is -0.139. The highest BCUT2D eigenvalue weighted by Gasteiger charge is 2.33. The van der Waals surface area contributed by atoms with Gasteiger partial charge in [-0.15, -0.1) is 0 Å². The first-order valence-corrected chi connectivity index (χ1v) is 13.9. The zero-order valence-corrected chi connectivity index (χ0v) is 23.8. The Morgan fingerprint density at radius 1 is 1.07 bits per heavy atom. The summed E-state index contributed by atoms with van der Waals surface area (Å²) in [5, 5.41) is 0.628. The van der Waals surface area contributed by atoms with Gasteiger partial charge in [-0.3, -0.25) is 9.36 Å². The molecule has 7 nitrogen and oxygen atoms in total. The minimum absolute atomic E-state index is 0.224. The molecule has 1 aliphatic rings. The van der Waals surface area contributed by atoms with E-state index in [4.69, 9.17) is 25.8 Å². The highest BCUT2D eigenvalue weighted by Crippen LogP contribution is 2.31. The number of ether oxygens (including phenoxy) is 3. The maximum Gasteiger partial charge on any atom is 0.338 e. The van der Waals surface area contributed by atoms with Crippen LogP contribution < -0.4 is 24.4 Å². The first kappa shape index (κ1) is 27.4. The van der Waals surface area contributed by atoms with Gasteiger partial charge in [0.2, 0.25) is 0 Å². The molecule has 0 fully saturated rings. The summed E-state index contributed by atoms with van der Waals surface area (Å²) >= 11 is 7.52. The molecule has 0 aliphatic carbocycles. The van der Waals surface area contributed by atoms with E-state index >= 15 is 0 Å². The van der Waals surface area contributed by atoms with Gasteiger partial charge in [0.1, 0.15) is 6.61 Å². The van der Waals surface area contributed by atoms with Crippen molar-refractivity contribution in [3.8, 4) is 11.5 Å². The van der Waals surface area contributed by atoms with Gasteiger partial charge < -0.3 is 14.2 Å². The lowest BCUT2D eigenvalue weighted by Gasteiger charge is -2.24. The predicted molar refractivity (Wildman–Crippen MR) is 156 cm³/mol. The number of rotatable bonds is 8. The number of halogens is 1. The van der Waals surface area contributed by atoms with Crippen LogP contribution in [0.5, 0.6) is 11.5 Å². The van der Waals surface area contributed by atoms with E-state index in [1.807, 2.05) is 66.7 Å². The second-order valence-electron chi connectivity index (χ2n) is 9.00. The minimum atomic E-state index is -0.645. The summed E-state index contributed by atoms with van der Waals surface area (Å²) in [6.07, 6.45) is 1.79. The number of benzene rings is 3. The lowest BCUT2D eigenvalue weighted by Crippen LogP contribution is -2.39. The summed E-state index contributed by atoms with van der Waals surface area (Å²) in [6.45, 7) is 4.03. The topological polar surface area (TPSA) is 79.1 Å². The molecule has 0 amide bonds. The minimum Gasteiger partial charge on any atom is -0.493 e. The van der Waals surface area contributed by atoms with Crippen LogP contribution in [0.25, 0.3) is 6.08 Å². The predicted octanol–water partition coefficient (Wildman–Crippen LogP) is 5.04. The molecular formula is C31H27ClN2O5S. The van der Waals surface area contributed by atoms with Crippen molar-refractivity contribution in [1.29, 1.82) is 0 Å². The van der Waals surface area contributed by atoms with Crippen LogP contribution in [-0.2, 0) is 16.1 Å². The first-order valence-electron chi connectivity index (χ1n) is 12.7. The highest BCUT2D eigenvalue weighted by molar-refractivity contribution is 7.07. The quantitative estimate of drug-likeness (QED) is 0.276. The van der Waals surface area contributed by atoms with Gasteiger partial charge in [-0.2, -0.15) is 0 Å². The number of carbonyl (C=O) groups is 1. The number of methoxy groups -OCH3 is 1. The molecule has 0 radical (unpaired) electrons. The number of allylic oxidation sites excluding steroid dienone is 1. The van der Waals surface area contributed by atoms with Crippen molar-refractivity contribution in [2.75, 3.05) is 13.7 Å². The average molecular weight is 575 g/mol. The molecule has 0 N–H and O–H groups in total. The standard InChI is InChI=1S/C31H27ClN2O5S/c1-4-38-30(36)27-19(2)33-31-34(28(27)21-10-6-5-7-11-21)29(35)26(40-31)17-20-14-15-24(25(16-20)37-3)39-18-22-12-8-9-13-23(22)32/h5-17,28H,4,18H2,1-3H3/b26-17+/t28-/m1/s1. The molecule has 204 valence electrons. The van der Waals surface area contributed by atoms with Crippen molar-refractivity contribution in [3.05, 3.63) is 125 Å². The van der Waals surface area contributed by atoms with Crippen molar-refractivity contribution >= 4 is 35.0 Å². The normalized spacial score (nSPS) is 14.9. The fraction of sp³-hybridized carbons (Fsp3) is 0.194. The van der Waals surface area contributed by atoms with Crippen LogP contribution in [0, 0.1) is 0 Å². The molecule has 9 heteroatoms. The monoisotopic (exact) mass is 574 g/mol. The van der Waals surface area contributed by atoms with E-state index in [0.29, 0.717) is 37.1 Å². The maximum absolute atomic E-state index is 13.8. The Kier molecular flexibility index (Phi) is 8.19. The molecule has 1 atom stereocenters. The molecule has 5 rings (SSSR count). The van der Waals surface area contributed by atoms with E-state index in [0.717, 1.165) is 16.7 Å². The molecule has 2 heterocycles. The van der Waals surface area contributed by atoms with Crippen molar-refractivity contribution in [2.45, 2.75) is 26.5 Å². The van der Waals surface area contributed by atoms with Crippen LogP contribution in [0.15, 0.2) is 93.9 Å². The van der Waals surface area contributed by atoms with Gasteiger partial charge in [0.15, 0.2) is 16.3 Å². The maximum atomic E-state index is 13.8. The summed E-state index contributed by atoms with van der Waals surface area (Å²) in [5.41, 5.74) is 3.06. The Hall–Kier alpha value is -4.14. The molecule has 0 unspecified atom stereocenters. The fourth-order valence-electron chi connectivity index (χ4n) is 4.56. The van der Waals surface area contributed by atoms with Crippen LogP contribution in [0.3, 0.4) is 0 Å². The van der Waals surface area contributed by atoms with Crippen LogP contribution in [0.1, 0.15) is 36.6 Å². The van der Waals surface area contributed by atoms with Crippen LogP contribution in [0.2, 0.25) is 5.02 Å². The van der Waals surface area contributed by atoms with E-state index in [1.54, 1.807) is 37.7 Å². The molecule has 0 spiro atoms. The molecule has 1 aromatic heterocycles. The zero-order chi connectivity index (χ0) is 28.2. The third-order valence-corrected chi connectivity index (χ3v) is 7.81. The third-order valence-electron chi connectivity index (χ3n) is 6.46. The number of aromatic nitrogens is 1. The fourth-order valence-corrected chi connectivity index (χ4v) is 5.79. The van der Waals surface area contributed by atoms with Gasteiger partial charge >= 0.3 is 5.97 Å². The van der Waals surface area contributed by atoms with E-state index in [1.165, 1.54) is 11.3 Å². The van der Waals surface area contributed by atoms with Gasteiger partial charge in [0.25, 0.3) is 5.56 Å². The Balaban J connectivity index is 1.54. The van der Waals surface area contributed by atoms with Gasteiger partial charge in [0.05, 0.1) is 35.6 Å². The summed E-state index contributed by atoms with van der Waals surface area (Å²) in [5.74, 6) is 0.597. The summed E-state index contributed by atoms with van der Waals surface area (Å²) in [6, 6.07) is 21.7. The number of fused-ring (bicyclic) bond motifs is 1. The largest absolute Gasteiger partial charge is 0.493 e. The number of nitrogens with zero attached hydrogens (tertiary/aromatic N) is 2. The number of hydrogen-bond donors (Lipinski definition) is 0. The molecule has 0 saturated heterocycles. The van der Waals surface area contributed by atoms with E-state index in [-0.39, 0.29) is 18.8 Å².